The number of carbonyl (C=O) groups excluding carboxylic acids is 2. The molecular formula is C15H26N2O2. The fraction of sp³-hybridized carbons (Fsp3) is 0.867. The van der Waals surface area contributed by atoms with E-state index in [1.807, 2.05) is 11.9 Å². The van der Waals surface area contributed by atoms with Crippen molar-refractivity contribution in [3.63, 3.8) is 0 Å². The maximum absolute atomic E-state index is 12.6. The van der Waals surface area contributed by atoms with E-state index >= 15 is 0 Å². The smallest absolute Gasteiger partial charge is 0.238 e. The van der Waals surface area contributed by atoms with Gasteiger partial charge in [-0.15, -0.1) is 0 Å². The first-order chi connectivity index (χ1) is 9.12. The van der Waals surface area contributed by atoms with Crippen molar-refractivity contribution >= 4 is 11.8 Å². The first kappa shape index (κ1) is 14.4. The third-order valence-corrected chi connectivity index (χ3v) is 4.41. The molecule has 2 amide bonds. The zero-order valence-electron chi connectivity index (χ0n) is 12.3. The number of amides is 2. The molecule has 2 aliphatic rings. The minimum absolute atomic E-state index is 0.0523. The normalized spacial score (nSPS) is 21.1. The molecule has 0 aromatic heterocycles. The minimum Gasteiger partial charge on any atom is -0.345 e. The highest BCUT2D eigenvalue weighted by molar-refractivity contribution is 6.07. The van der Waals surface area contributed by atoms with Crippen molar-refractivity contribution in [2.45, 2.75) is 51.9 Å². The van der Waals surface area contributed by atoms with Gasteiger partial charge in [0.05, 0.1) is 0 Å². The van der Waals surface area contributed by atoms with E-state index < -0.39 is 5.41 Å². The third kappa shape index (κ3) is 2.93. The fourth-order valence-corrected chi connectivity index (χ4v) is 2.91. The molecule has 108 valence electrons. The second-order valence-electron chi connectivity index (χ2n) is 6.02. The molecule has 0 N–H and O–H groups in total. The molecule has 2 rings (SSSR count). The lowest BCUT2D eigenvalue weighted by molar-refractivity contribution is -0.149. The van der Waals surface area contributed by atoms with E-state index in [0.717, 1.165) is 58.2 Å². The Morgan fingerprint density at radius 2 is 1.79 bits per heavy atom. The highest BCUT2D eigenvalue weighted by Crippen LogP contribution is 2.49. The van der Waals surface area contributed by atoms with Gasteiger partial charge >= 0.3 is 0 Å². The standard InChI is InChI=1S/C15H26N2O2/c1-3-4-10-16(2)13(18)15(8-9-15)14(19)17-11-6-5-7-12-17/h3-12H2,1-2H3. The van der Waals surface area contributed by atoms with Crippen molar-refractivity contribution in [2.75, 3.05) is 26.7 Å². The molecule has 1 heterocycles. The molecule has 0 radical (unpaired) electrons. The molecule has 0 unspecified atom stereocenters. The first-order valence-corrected chi connectivity index (χ1v) is 7.67. The molecule has 0 bridgehead atoms. The van der Waals surface area contributed by atoms with E-state index in [2.05, 4.69) is 6.92 Å². The third-order valence-electron chi connectivity index (χ3n) is 4.41. The molecule has 4 nitrogen and oxygen atoms in total. The Morgan fingerprint density at radius 1 is 1.16 bits per heavy atom. The Labute approximate surface area is 116 Å². The van der Waals surface area contributed by atoms with Crippen LogP contribution in [0.3, 0.4) is 0 Å². The molecule has 19 heavy (non-hydrogen) atoms. The van der Waals surface area contributed by atoms with Crippen LogP contribution in [-0.4, -0.2) is 48.3 Å². The van der Waals surface area contributed by atoms with Crippen molar-refractivity contribution in [2.24, 2.45) is 5.41 Å². The van der Waals surface area contributed by atoms with Crippen LogP contribution in [0.15, 0.2) is 0 Å². The molecule has 1 saturated heterocycles. The lowest BCUT2D eigenvalue weighted by Gasteiger charge is -2.31. The largest absolute Gasteiger partial charge is 0.345 e. The predicted molar refractivity (Wildman–Crippen MR) is 74.6 cm³/mol. The molecular weight excluding hydrogens is 240 g/mol. The minimum atomic E-state index is -0.681. The number of likely N-dealkylation sites (tertiary alicyclic amines) is 1. The number of rotatable bonds is 5. The molecule has 1 aliphatic carbocycles. The number of unbranched alkanes of at least 4 members (excludes halogenated alkanes) is 1. The van der Waals surface area contributed by atoms with Gasteiger partial charge in [-0.05, 0) is 38.5 Å². The van der Waals surface area contributed by atoms with E-state index in [9.17, 15) is 9.59 Å². The SMILES string of the molecule is CCCCN(C)C(=O)C1(C(=O)N2CCCCC2)CC1. The van der Waals surface area contributed by atoms with Gasteiger partial charge in [0.15, 0.2) is 0 Å². The predicted octanol–water partition coefficient (Wildman–Crippen LogP) is 2.04. The average Bonchev–Trinajstić information content (AvgIpc) is 3.25. The van der Waals surface area contributed by atoms with Crippen LogP contribution >= 0.6 is 0 Å². The van der Waals surface area contributed by atoms with Crippen molar-refractivity contribution in [1.82, 2.24) is 9.80 Å². The average molecular weight is 266 g/mol. The van der Waals surface area contributed by atoms with E-state index in [1.165, 1.54) is 6.42 Å². The summed E-state index contributed by atoms with van der Waals surface area (Å²) in [5.41, 5.74) is -0.681. The number of hydrogen-bond acceptors (Lipinski definition) is 2. The van der Waals surface area contributed by atoms with Crippen LogP contribution in [0.1, 0.15) is 51.9 Å². The highest BCUT2D eigenvalue weighted by atomic mass is 16.2. The maximum atomic E-state index is 12.6. The second-order valence-corrected chi connectivity index (χ2v) is 6.02. The van der Waals surface area contributed by atoms with E-state index in [4.69, 9.17) is 0 Å². The summed E-state index contributed by atoms with van der Waals surface area (Å²) < 4.78 is 0. The van der Waals surface area contributed by atoms with Crippen LogP contribution in [0.5, 0.6) is 0 Å². The summed E-state index contributed by atoms with van der Waals surface area (Å²) >= 11 is 0. The van der Waals surface area contributed by atoms with Gasteiger partial charge in [0, 0.05) is 26.7 Å². The van der Waals surface area contributed by atoms with Gasteiger partial charge in [0.25, 0.3) is 0 Å². The van der Waals surface area contributed by atoms with Crippen LogP contribution in [-0.2, 0) is 9.59 Å². The second kappa shape index (κ2) is 5.93. The maximum Gasteiger partial charge on any atom is 0.238 e. The van der Waals surface area contributed by atoms with Crippen molar-refractivity contribution in [3.05, 3.63) is 0 Å². The fourth-order valence-electron chi connectivity index (χ4n) is 2.91. The summed E-state index contributed by atoms with van der Waals surface area (Å²) in [4.78, 5) is 28.8. The summed E-state index contributed by atoms with van der Waals surface area (Å²) in [5, 5.41) is 0. The lowest BCUT2D eigenvalue weighted by Crippen LogP contribution is -2.47. The van der Waals surface area contributed by atoms with Gasteiger partial charge in [0.2, 0.25) is 11.8 Å². The van der Waals surface area contributed by atoms with Crippen molar-refractivity contribution in [3.8, 4) is 0 Å². The first-order valence-electron chi connectivity index (χ1n) is 7.67. The van der Waals surface area contributed by atoms with Gasteiger partial charge in [-0.1, -0.05) is 13.3 Å². The Balaban J connectivity index is 1.97. The van der Waals surface area contributed by atoms with Gasteiger partial charge in [-0.3, -0.25) is 9.59 Å². The number of carbonyl (C=O) groups is 2. The Hall–Kier alpha value is -1.06. The van der Waals surface area contributed by atoms with Crippen molar-refractivity contribution < 1.29 is 9.59 Å². The number of hydrogen-bond donors (Lipinski definition) is 0. The lowest BCUT2D eigenvalue weighted by atomic mass is 10.0. The van der Waals surface area contributed by atoms with Crippen LogP contribution in [0.2, 0.25) is 0 Å². The van der Waals surface area contributed by atoms with E-state index in [1.54, 1.807) is 4.90 Å². The monoisotopic (exact) mass is 266 g/mol. The Morgan fingerprint density at radius 3 is 2.32 bits per heavy atom. The van der Waals surface area contributed by atoms with Crippen LogP contribution in [0.4, 0.5) is 0 Å². The van der Waals surface area contributed by atoms with Crippen molar-refractivity contribution in [1.29, 1.82) is 0 Å². The summed E-state index contributed by atoms with van der Waals surface area (Å²) in [7, 11) is 1.83. The molecule has 0 aromatic carbocycles. The molecule has 0 spiro atoms. The summed E-state index contributed by atoms with van der Waals surface area (Å²) in [6, 6.07) is 0. The van der Waals surface area contributed by atoms with Gasteiger partial charge in [-0.2, -0.15) is 0 Å². The van der Waals surface area contributed by atoms with Gasteiger partial charge < -0.3 is 9.80 Å². The molecule has 1 aliphatic heterocycles. The number of piperidine rings is 1. The summed E-state index contributed by atoms with van der Waals surface area (Å²) in [6.07, 6.45) is 6.96. The van der Waals surface area contributed by atoms with Crippen LogP contribution < -0.4 is 0 Å². The zero-order valence-corrected chi connectivity index (χ0v) is 12.3. The Bertz CT molecular complexity index is 344. The van der Waals surface area contributed by atoms with E-state index in [0.29, 0.717) is 0 Å². The zero-order chi connectivity index (χ0) is 13.9. The van der Waals surface area contributed by atoms with E-state index in [-0.39, 0.29) is 11.8 Å². The van der Waals surface area contributed by atoms with Gasteiger partial charge in [0.1, 0.15) is 5.41 Å². The molecule has 1 saturated carbocycles. The van der Waals surface area contributed by atoms with Crippen LogP contribution in [0, 0.1) is 5.41 Å². The molecule has 4 heteroatoms. The topological polar surface area (TPSA) is 40.6 Å². The summed E-state index contributed by atoms with van der Waals surface area (Å²) in [6.45, 7) is 4.56. The summed E-state index contributed by atoms with van der Waals surface area (Å²) in [5.74, 6) is 0.150. The quantitative estimate of drug-likeness (QED) is 0.714. The molecule has 2 fully saturated rings. The Kier molecular flexibility index (Phi) is 4.48. The molecule has 0 atom stereocenters. The highest BCUT2D eigenvalue weighted by Gasteiger charge is 2.58. The number of nitrogens with zero attached hydrogens (tertiary/aromatic N) is 2. The van der Waals surface area contributed by atoms with Gasteiger partial charge in [-0.25, -0.2) is 0 Å². The van der Waals surface area contributed by atoms with Crippen LogP contribution in [0.25, 0.3) is 0 Å². The molecule has 0 aromatic rings.